The lowest BCUT2D eigenvalue weighted by molar-refractivity contribution is 0.0929. The van der Waals surface area contributed by atoms with Crippen molar-refractivity contribution in [3.8, 4) is 0 Å². The second kappa shape index (κ2) is 6.69. The minimum atomic E-state index is -0.432. The van der Waals surface area contributed by atoms with E-state index in [0.717, 1.165) is 37.3 Å². The van der Waals surface area contributed by atoms with E-state index in [-0.39, 0.29) is 11.5 Å². The van der Waals surface area contributed by atoms with Crippen LogP contribution >= 0.6 is 0 Å². The van der Waals surface area contributed by atoms with Crippen LogP contribution in [0.25, 0.3) is 5.65 Å². The highest BCUT2D eigenvalue weighted by Gasteiger charge is 2.27. The first kappa shape index (κ1) is 15.8. The average Bonchev–Trinajstić information content (AvgIpc) is 2.68. The molecule has 128 valence electrons. The molecule has 0 amide bonds. The lowest BCUT2D eigenvalue weighted by Gasteiger charge is -2.35. The van der Waals surface area contributed by atoms with Crippen molar-refractivity contribution in [3.05, 3.63) is 76.7 Å². The van der Waals surface area contributed by atoms with Crippen LogP contribution in [0, 0.1) is 5.92 Å². The molecule has 1 atom stereocenters. The topological polar surface area (TPSA) is 57.8 Å². The van der Waals surface area contributed by atoms with Gasteiger partial charge in [-0.05, 0) is 36.5 Å². The maximum Gasteiger partial charge on any atom is 0.259 e. The van der Waals surface area contributed by atoms with Crippen LogP contribution < -0.4 is 10.5 Å². The SMILES string of the molecule is O=c1cc(N2CCC(C(O)c3ccccc3)CC2)nc2ccccn12. The molecule has 4 rings (SSSR count). The number of benzene rings is 1. The van der Waals surface area contributed by atoms with Crippen molar-refractivity contribution in [3.63, 3.8) is 0 Å². The van der Waals surface area contributed by atoms with Crippen LogP contribution in [-0.4, -0.2) is 27.6 Å². The zero-order valence-corrected chi connectivity index (χ0v) is 14.0. The van der Waals surface area contributed by atoms with Gasteiger partial charge in [-0.3, -0.25) is 9.20 Å². The van der Waals surface area contributed by atoms with Gasteiger partial charge in [-0.1, -0.05) is 36.4 Å². The van der Waals surface area contributed by atoms with Gasteiger partial charge < -0.3 is 10.0 Å². The molecule has 1 aliphatic heterocycles. The summed E-state index contributed by atoms with van der Waals surface area (Å²) in [4.78, 5) is 19.0. The molecule has 5 heteroatoms. The fraction of sp³-hybridized carbons (Fsp3) is 0.300. The Balaban J connectivity index is 1.50. The fourth-order valence-electron chi connectivity index (χ4n) is 3.57. The number of piperidine rings is 1. The number of fused-ring (bicyclic) bond motifs is 1. The van der Waals surface area contributed by atoms with Crippen molar-refractivity contribution < 1.29 is 5.11 Å². The van der Waals surface area contributed by atoms with Crippen molar-refractivity contribution in [2.75, 3.05) is 18.0 Å². The summed E-state index contributed by atoms with van der Waals surface area (Å²) in [5.41, 5.74) is 1.58. The van der Waals surface area contributed by atoms with E-state index in [9.17, 15) is 9.90 Å². The van der Waals surface area contributed by atoms with Crippen LogP contribution in [0.15, 0.2) is 65.6 Å². The third kappa shape index (κ3) is 3.15. The summed E-state index contributed by atoms with van der Waals surface area (Å²) >= 11 is 0. The van der Waals surface area contributed by atoms with Gasteiger partial charge in [-0.2, -0.15) is 0 Å². The largest absolute Gasteiger partial charge is 0.388 e. The number of hydrogen-bond acceptors (Lipinski definition) is 4. The zero-order chi connectivity index (χ0) is 17.2. The number of aliphatic hydroxyl groups is 1. The lowest BCUT2D eigenvalue weighted by Crippen LogP contribution is -2.37. The molecular formula is C20H21N3O2. The minimum Gasteiger partial charge on any atom is -0.388 e. The van der Waals surface area contributed by atoms with Gasteiger partial charge in [0.25, 0.3) is 5.56 Å². The summed E-state index contributed by atoms with van der Waals surface area (Å²) < 4.78 is 1.55. The van der Waals surface area contributed by atoms with E-state index < -0.39 is 6.10 Å². The Labute approximate surface area is 146 Å². The van der Waals surface area contributed by atoms with E-state index in [1.807, 2.05) is 48.5 Å². The molecule has 0 spiro atoms. The van der Waals surface area contributed by atoms with Gasteiger partial charge in [-0.15, -0.1) is 0 Å². The summed E-state index contributed by atoms with van der Waals surface area (Å²) in [6.07, 6.45) is 3.06. The van der Waals surface area contributed by atoms with Gasteiger partial charge in [0.05, 0.1) is 6.10 Å². The average molecular weight is 335 g/mol. The van der Waals surface area contributed by atoms with E-state index in [2.05, 4.69) is 9.88 Å². The first-order valence-electron chi connectivity index (χ1n) is 8.69. The molecule has 3 aromatic rings. The Bertz CT molecular complexity index is 915. The second-order valence-corrected chi connectivity index (χ2v) is 6.56. The standard InChI is InChI=1S/C20H21N3O2/c24-19-14-18(21-17-8-4-5-11-23(17)19)22-12-9-16(10-13-22)20(25)15-6-2-1-3-7-15/h1-8,11,14,16,20,25H,9-10,12-13H2. The molecule has 1 fully saturated rings. The number of aromatic nitrogens is 2. The van der Waals surface area contributed by atoms with Crippen LogP contribution in [-0.2, 0) is 0 Å². The van der Waals surface area contributed by atoms with E-state index in [4.69, 9.17) is 0 Å². The number of nitrogens with zero attached hydrogens (tertiary/aromatic N) is 3. The van der Waals surface area contributed by atoms with E-state index >= 15 is 0 Å². The second-order valence-electron chi connectivity index (χ2n) is 6.56. The molecule has 1 saturated heterocycles. The molecule has 0 radical (unpaired) electrons. The van der Waals surface area contributed by atoms with Crippen molar-refractivity contribution in [1.82, 2.24) is 9.38 Å². The van der Waals surface area contributed by atoms with Crippen LogP contribution in [0.5, 0.6) is 0 Å². The van der Waals surface area contributed by atoms with Crippen LogP contribution in [0.4, 0.5) is 5.82 Å². The number of hydrogen-bond donors (Lipinski definition) is 1. The zero-order valence-electron chi connectivity index (χ0n) is 14.0. The van der Waals surface area contributed by atoms with Gasteiger partial charge >= 0.3 is 0 Å². The number of aliphatic hydroxyl groups excluding tert-OH is 1. The Morgan fingerprint density at radius 1 is 1.04 bits per heavy atom. The first-order valence-corrected chi connectivity index (χ1v) is 8.69. The normalized spacial score (nSPS) is 16.9. The molecule has 3 heterocycles. The summed E-state index contributed by atoms with van der Waals surface area (Å²) in [6, 6.07) is 17.0. The smallest absolute Gasteiger partial charge is 0.259 e. The highest BCUT2D eigenvalue weighted by atomic mass is 16.3. The molecule has 2 aromatic heterocycles. The van der Waals surface area contributed by atoms with Crippen molar-refractivity contribution in [2.45, 2.75) is 18.9 Å². The maximum atomic E-state index is 12.3. The molecule has 0 bridgehead atoms. The quantitative estimate of drug-likeness (QED) is 0.799. The highest BCUT2D eigenvalue weighted by Crippen LogP contribution is 2.31. The molecule has 0 saturated carbocycles. The minimum absolute atomic E-state index is 0.0629. The maximum absolute atomic E-state index is 12.3. The van der Waals surface area contributed by atoms with Gasteiger partial charge in [-0.25, -0.2) is 4.98 Å². The molecule has 5 nitrogen and oxygen atoms in total. The summed E-state index contributed by atoms with van der Waals surface area (Å²) in [6.45, 7) is 1.59. The van der Waals surface area contributed by atoms with Crippen molar-refractivity contribution in [1.29, 1.82) is 0 Å². The molecule has 0 aliphatic carbocycles. The summed E-state index contributed by atoms with van der Waals surface area (Å²) in [7, 11) is 0. The predicted octanol–water partition coefficient (Wildman–Crippen LogP) is 2.64. The van der Waals surface area contributed by atoms with E-state index in [0.29, 0.717) is 5.65 Å². The Hall–Kier alpha value is -2.66. The molecule has 1 N–H and O–H groups in total. The Morgan fingerprint density at radius 3 is 2.52 bits per heavy atom. The number of pyridine rings is 1. The van der Waals surface area contributed by atoms with Crippen LogP contribution in [0.1, 0.15) is 24.5 Å². The third-order valence-electron chi connectivity index (χ3n) is 5.01. The molecular weight excluding hydrogens is 314 g/mol. The highest BCUT2D eigenvalue weighted by molar-refractivity contribution is 5.48. The number of anilines is 1. The van der Waals surface area contributed by atoms with Crippen molar-refractivity contribution in [2.24, 2.45) is 5.92 Å². The van der Waals surface area contributed by atoms with Gasteiger partial charge in [0.15, 0.2) is 0 Å². The van der Waals surface area contributed by atoms with Crippen LogP contribution in [0.3, 0.4) is 0 Å². The third-order valence-corrected chi connectivity index (χ3v) is 5.01. The van der Waals surface area contributed by atoms with Gasteiger partial charge in [0.2, 0.25) is 0 Å². The molecule has 1 aromatic carbocycles. The molecule has 25 heavy (non-hydrogen) atoms. The molecule has 1 aliphatic rings. The summed E-state index contributed by atoms with van der Waals surface area (Å²) in [5.74, 6) is 0.962. The van der Waals surface area contributed by atoms with Gasteiger partial charge in [0, 0.05) is 25.4 Å². The fourth-order valence-corrected chi connectivity index (χ4v) is 3.57. The predicted molar refractivity (Wildman–Crippen MR) is 97.8 cm³/mol. The Morgan fingerprint density at radius 2 is 1.76 bits per heavy atom. The monoisotopic (exact) mass is 335 g/mol. The van der Waals surface area contributed by atoms with Gasteiger partial charge in [0.1, 0.15) is 11.5 Å². The molecule has 1 unspecified atom stereocenters. The lowest BCUT2D eigenvalue weighted by atomic mass is 9.87. The first-order chi connectivity index (χ1) is 12.2. The summed E-state index contributed by atoms with van der Waals surface area (Å²) in [5, 5.41) is 10.6. The Kier molecular flexibility index (Phi) is 4.24. The number of rotatable bonds is 3. The van der Waals surface area contributed by atoms with E-state index in [1.54, 1.807) is 16.7 Å². The van der Waals surface area contributed by atoms with Crippen molar-refractivity contribution >= 4 is 11.5 Å². The van der Waals surface area contributed by atoms with E-state index in [1.165, 1.54) is 0 Å². The van der Waals surface area contributed by atoms with Crippen LogP contribution in [0.2, 0.25) is 0 Å².